The van der Waals surface area contributed by atoms with Crippen LogP contribution in [0.1, 0.15) is 17.2 Å². The van der Waals surface area contributed by atoms with Gasteiger partial charge in [-0.25, -0.2) is 9.67 Å². The predicted octanol–water partition coefficient (Wildman–Crippen LogP) is 3.39. The van der Waals surface area contributed by atoms with Gasteiger partial charge in [-0.05, 0) is 41.5 Å². The predicted molar refractivity (Wildman–Crippen MR) is 93.2 cm³/mol. The Balaban J connectivity index is 1.75. The number of aliphatic hydroxyl groups is 1. The standard InChI is InChI=1S/C18H14ClN3O3/c19-14-4-2-13(3-5-14)18(23)15(22-10-20-9-21-22)7-12-1-6-16-17(8-12)25-11-24-16/h1-10,18,23H,11H2/b15-7+. The molecule has 0 spiro atoms. The average molecular weight is 356 g/mol. The van der Waals surface area contributed by atoms with Crippen LogP contribution >= 0.6 is 11.6 Å². The van der Waals surface area contributed by atoms with Crippen molar-refractivity contribution in [3.05, 3.63) is 71.3 Å². The Kier molecular flexibility index (Phi) is 4.13. The van der Waals surface area contributed by atoms with Gasteiger partial charge in [-0.3, -0.25) is 0 Å². The molecule has 0 amide bonds. The molecule has 1 atom stereocenters. The van der Waals surface area contributed by atoms with Gasteiger partial charge < -0.3 is 14.6 Å². The van der Waals surface area contributed by atoms with Crippen LogP contribution in [0, 0.1) is 0 Å². The highest BCUT2D eigenvalue weighted by Gasteiger charge is 2.18. The Hall–Kier alpha value is -2.83. The number of aliphatic hydroxyl groups excluding tert-OH is 1. The number of hydrogen-bond acceptors (Lipinski definition) is 5. The van der Waals surface area contributed by atoms with Crippen LogP contribution in [0.5, 0.6) is 11.5 Å². The molecule has 0 aliphatic carbocycles. The van der Waals surface area contributed by atoms with Crippen molar-refractivity contribution in [1.29, 1.82) is 0 Å². The van der Waals surface area contributed by atoms with Gasteiger partial charge in [0.2, 0.25) is 6.79 Å². The molecular weight excluding hydrogens is 342 g/mol. The summed E-state index contributed by atoms with van der Waals surface area (Å²) in [5, 5.41) is 15.6. The third-order valence-corrected chi connectivity index (χ3v) is 4.11. The molecule has 0 fully saturated rings. The first-order valence-corrected chi connectivity index (χ1v) is 7.98. The molecular formula is C18H14ClN3O3. The average Bonchev–Trinajstić information content (AvgIpc) is 3.31. The van der Waals surface area contributed by atoms with Crippen LogP contribution in [0.2, 0.25) is 5.02 Å². The number of fused-ring (bicyclic) bond motifs is 1. The van der Waals surface area contributed by atoms with Crippen molar-refractivity contribution in [2.24, 2.45) is 0 Å². The van der Waals surface area contributed by atoms with Crippen molar-refractivity contribution in [2.75, 3.05) is 6.79 Å². The van der Waals surface area contributed by atoms with Gasteiger partial charge >= 0.3 is 0 Å². The first kappa shape index (κ1) is 15.7. The molecule has 3 aromatic rings. The third kappa shape index (κ3) is 3.22. The molecule has 1 N–H and O–H groups in total. The maximum atomic E-state index is 10.8. The van der Waals surface area contributed by atoms with Crippen LogP contribution in [-0.2, 0) is 0 Å². The zero-order chi connectivity index (χ0) is 17.2. The van der Waals surface area contributed by atoms with Crippen LogP contribution in [0.15, 0.2) is 55.1 Å². The Bertz CT molecular complexity index is 908. The number of halogens is 1. The number of aromatic nitrogens is 3. The first-order valence-electron chi connectivity index (χ1n) is 7.60. The molecule has 25 heavy (non-hydrogen) atoms. The van der Waals surface area contributed by atoms with Crippen LogP contribution in [0.3, 0.4) is 0 Å². The van der Waals surface area contributed by atoms with E-state index in [0.29, 0.717) is 27.8 Å². The van der Waals surface area contributed by atoms with Crippen molar-refractivity contribution in [3.8, 4) is 11.5 Å². The lowest BCUT2D eigenvalue weighted by Crippen LogP contribution is -2.08. The van der Waals surface area contributed by atoms with E-state index < -0.39 is 6.10 Å². The fourth-order valence-electron chi connectivity index (χ4n) is 2.60. The van der Waals surface area contributed by atoms with E-state index >= 15 is 0 Å². The Morgan fingerprint density at radius 1 is 1.16 bits per heavy atom. The van der Waals surface area contributed by atoms with Gasteiger partial charge in [0.25, 0.3) is 0 Å². The van der Waals surface area contributed by atoms with E-state index in [1.165, 1.54) is 17.3 Å². The zero-order valence-electron chi connectivity index (χ0n) is 13.0. The molecule has 0 radical (unpaired) electrons. The molecule has 126 valence electrons. The second-order valence-corrected chi connectivity index (χ2v) is 5.91. The van der Waals surface area contributed by atoms with Gasteiger partial charge in [0.1, 0.15) is 18.8 Å². The zero-order valence-corrected chi connectivity index (χ0v) is 13.8. The van der Waals surface area contributed by atoms with E-state index in [2.05, 4.69) is 10.1 Å². The molecule has 2 aromatic carbocycles. The molecule has 0 saturated heterocycles. The van der Waals surface area contributed by atoms with Gasteiger partial charge in [-0.1, -0.05) is 29.8 Å². The summed E-state index contributed by atoms with van der Waals surface area (Å²) >= 11 is 5.93. The molecule has 1 aliphatic rings. The molecule has 1 aliphatic heterocycles. The monoisotopic (exact) mass is 355 g/mol. The minimum Gasteiger partial charge on any atom is -0.454 e. The third-order valence-electron chi connectivity index (χ3n) is 3.86. The summed E-state index contributed by atoms with van der Waals surface area (Å²) in [6.07, 6.45) is 3.89. The lowest BCUT2D eigenvalue weighted by Gasteiger charge is -2.16. The summed E-state index contributed by atoms with van der Waals surface area (Å²) in [6, 6.07) is 12.6. The lowest BCUT2D eigenvalue weighted by molar-refractivity contribution is 0.174. The lowest BCUT2D eigenvalue weighted by atomic mass is 10.0. The summed E-state index contributed by atoms with van der Waals surface area (Å²) in [5.74, 6) is 1.38. The second kappa shape index (κ2) is 6.58. The highest BCUT2D eigenvalue weighted by molar-refractivity contribution is 6.30. The van der Waals surface area contributed by atoms with Crippen molar-refractivity contribution in [3.63, 3.8) is 0 Å². The van der Waals surface area contributed by atoms with E-state index in [-0.39, 0.29) is 6.79 Å². The smallest absolute Gasteiger partial charge is 0.231 e. The number of hydrogen-bond donors (Lipinski definition) is 1. The second-order valence-electron chi connectivity index (χ2n) is 5.48. The molecule has 7 heteroatoms. The summed E-state index contributed by atoms with van der Waals surface area (Å²) < 4.78 is 12.3. The summed E-state index contributed by atoms with van der Waals surface area (Å²) in [4.78, 5) is 3.97. The van der Waals surface area contributed by atoms with Gasteiger partial charge in [0.05, 0.1) is 5.70 Å². The van der Waals surface area contributed by atoms with E-state index in [0.717, 1.165) is 5.56 Å². The van der Waals surface area contributed by atoms with Crippen LogP contribution in [-0.4, -0.2) is 26.7 Å². The topological polar surface area (TPSA) is 69.4 Å². The maximum absolute atomic E-state index is 10.8. The van der Waals surface area contributed by atoms with Gasteiger partial charge in [0.15, 0.2) is 11.5 Å². The fraction of sp³-hybridized carbons (Fsp3) is 0.111. The first-order chi connectivity index (χ1) is 12.2. The largest absolute Gasteiger partial charge is 0.454 e. The fourth-order valence-corrected chi connectivity index (χ4v) is 2.73. The quantitative estimate of drug-likeness (QED) is 0.776. The van der Waals surface area contributed by atoms with E-state index in [1.807, 2.05) is 24.3 Å². The summed E-state index contributed by atoms with van der Waals surface area (Å²) in [7, 11) is 0. The minimum atomic E-state index is -0.899. The molecule has 1 unspecified atom stereocenters. The van der Waals surface area contributed by atoms with Crippen molar-refractivity contribution in [2.45, 2.75) is 6.10 Å². The Labute approximate surface area is 148 Å². The molecule has 2 heterocycles. The van der Waals surface area contributed by atoms with Crippen molar-refractivity contribution >= 4 is 23.4 Å². The van der Waals surface area contributed by atoms with Crippen molar-refractivity contribution in [1.82, 2.24) is 14.8 Å². The van der Waals surface area contributed by atoms with E-state index in [1.54, 1.807) is 24.3 Å². The normalized spacial score (nSPS) is 14.6. The summed E-state index contributed by atoms with van der Waals surface area (Å²) in [6.45, 7) is 0.214. The van der Waals surface area contributed by atoms with Crippen LogP contribution in [0.25, 0.3) is 11.8 Å². The molecule has 6 nitrogen and oxygen atoms in total. The minimum absolute atomic E-state index is 0.214. The van der Waals surface area contributed by atoms with Gasteiger partial charge in [0, 0.05) is 5.02 Å². The number of ether oxygens (including phenoxy) is 2. The summed E-state index contributed by atoms with van der Waals surface area (Å²) in [5.41, 5.74) is 2.10. The van der Waals surface area contributed by atoms with Crippen LogP contribution < -0.4 is 9.47 Å². The highest BCUT2D eigenvalue weighted by atomic mass is 35.5. The van der Waals surface area contributed by atoms with Gasteiger partial charge in [-0.15, -0.1) is 0 Å². The highest BCUT2D eigenvalue weighted by Crippen LogP contribution is 2.34. The molecule has 1 aromatic heterocycles. The number of nitrogens with zero attached hydrogens (tertiary/aromatic N) is 3. The van der Waals surface area contributed by atoms with Gasteiger partial charge in [-0.2, -0.15) is 5.10 Å². The molecule has 4 rings (SSSR count). The van der Waals surface area contributed by atoms with E-state index in [9.17, 15) is 5.11 Å². The number of rotatable bonds is 4. The SMILES string of the molecule is OC(/C(=C\c1ccc2c(c1)OCO2)n1cncn1)c1ccc(Cl)cc1. The van der Waals surface area contributed by atoms with Crippen molar-refractivity contribution < 1.29 is 14.6 Å². The number of benzene rings is 2. The maximum Gasteiger partial charge on any atom is 0.231 e. The molecule has 0 bridgehead atoms. The Morgan fingerprint density at radius 3 is 2.72 bits per heavy atom. The van der Waals surface area contributed by atoms with Crippen LogP contribution in [0.4, 0.5) is 0 Å². The van der Waals surface area contributed by atoms with E-state index in [4.69, 9.17) is 21.1 Å². The molecule has 0 saturated carbocycles. The Morgan fingerprint density at radius 2 is 1.96 bits per heavy atom.